The molecule has 1 fully saturated rings. The Morgan fingerprint density at radius 3 is 2.77 bits per heavy atom. The second-order valence-electron chi connectivity index (χ2n) is 5.19. The first-order chi connectivity index (χ1) is 10.5. The molecule has 0 spiro atoms. The molecule has 22 heavy (non-hydrogen) atoms. The zero-order valence-electron chi connectivity index (χ0n) is 13.1. The summed E-state index contributed by atoms with van der Waals surface area (Å²) in [5.41, 5.74) is 0. The Morgan fingerprint density at radius 2 is 2.18 bits per heavy atom. The van der Waals surface area contributed by atoms with Gasteiger partial charge in [-0.3, -0.25) is 9.59 Å². The van der Waals surface area contributed by atoms with Crippen LogP contribution < -0.4 is 5.32 Å². The highest BCUT2D eigenvalue weighted by Crippen LogP contribution is 2.22. The number of allylic oxidation sites excluding steroid dienone is 1. The molecule has 2 N–H and O–H groups in total. The van der Waals surface area contributed by atoms with E-state index in [9.17, 15) is 14.4 Å². The van der Waals surface area contributed by atoms with Crippen molar-refractivity contribution in [1.29, 1.82) is 0 Å². The number of unbranched alkanes of at least 4 members (excludes halogenated alkanes) is 1. The molecule has 0 aromatic rings. The maximum atomic E-state index is 12.3. The zero-order chi connectivity index (χ0) is 16.5. The van der Waals surface area contributed by atoms with E-state index in [1.165, 1.54) is 11.8 Å². The lowest BCUT2D eigenvalue weighted by atomic mass is 10.1. The van der Waals surface area contributed by atoms with Gasteiger partial charge < -0.3 is 15.3 Å². The van der Waals surface area contributed by atoms with Gasteiger partial charge in [0.15, 0.2) is 0 Å². The molecule has 124 valence electrons. The van der Waals surface area contributed by atoms with E-state index >= 15 is 0 Å². The number of amides is 2. The third-order valence-corrected chi connectivity index (χ3v) is 4.48. The fourth-order valence-corrected chi connectivity index (χ4v) is 3.32. The topological polar surface area (TPSA) is 86.7 Å². The lowest BCUT2D eigenvalue weighted by Gasteiger charge is -2.24. The van der Waals surface area contributed by atoms with E-state index < -0.39 is 18.1 Å². The van der Waals surface area contributed by atoms with Gasteiger partial charge in [-0.15, -0.1) is 11.8 Å². The molecule has 2 amide bonds. The van der Waals surface area contributed by atoms with E-state index in [-0.39, 0.29) is 18.2 Å². The molecular formula is C15H24N2O4S. The zero-order valence-corrected chi connectivity index (χ0v) is 13.9. The van der Waals surface area contributed by atoms with Gasteiger partial charge in [-0.2, -0.15) is 0 Å². The van der Waals surface area contributed by atoms with E-state index in [0.29, 0.717) is 18.1 Å². The van der Waals surface area contributed by atoms with Crippen LogP contribution in [0.15, 0.2) is 12.2 Å². The molecule has 2 unspecified atom stereocenters. The third-order valence-electron chi connectivity index (χ3n) is 3.47. The van der Waals surface area contributed by atoms with Gasteiger partial charge in [-0.25, -0.2) is 4.79 Å². The summed E-state index contributed by atoms with van der Waals surface area (Å²) in [6, 6.07) is -1.52. The van der Waals surface area contributed by atoms with Crippen LogP contribution in [0.25, 0.3) is 0 Å². The highest BCUT2D eigenvalue weighted by Gasteiger charge is 2.35. The lowest BCUT2D eigenvalue weighted by Crippen LogP contribution is -2.51. The molecule has 6 nitrogen and oxygen atoms in total. The summed E-state index contributed by atoms with van der Waals surface area (Å²) in [7, 11) is 0. The maximum absolute atomic E-state index is 12.3. The number of nitrogens with zero attached hydrogens (tertiary/aromatic N) is 1. The molecule has 0 radical (unpaired) electrons. The van der Waals surface area contributed by atoms with E-state index in [1.54, 1.807) is 24.0 Å². The molecule has 0 aromatic carbocycles. The van der Waals surface area contributed by atoms with Crippen molar-refractivity contribution in [2.75, 3.05) is 11.6 Å². The average molecular weight is 328 g/mol. The SMILES string of the molecule is C/C=C/CC(NC(=O)C1CSCN1C(=O)CCCC)C(=O)O. The quantitative estimate of drug-likeness (QED) is 0.661. The molecule has 0 aromatic heterocycles. The van der Waals surface area contributed by atoms with Crippen molar-refractivity contribution < 1.29 is 19.5 Å². The first-order valence-electron chi connectivity index (χ1n) is 7.52. The molecule has 2 atom stereocenters. The minimum atomic E-state index is -1.07. The first-order valence-corrected chi connectivity index (χ1v) is 8.68. The van der Waals surface area contributed by atoms with Gasteiger partial charge in [0.1, 0.15) is 12.1 Å². The summed E-state index contributed by atoms with van der Waals surface area (Å²) in [6.45, 7) is 3.80. The largest absolute Gasteiger partial charge is 0.480 e. The van der Waals surface area contributed by atoms with Crippen LogP contribution in [0.2, 0.25) is 0 Å². The van der Waals surface area contributed by atoms with Crippen LogP contribution in [-0.4, -0.2) is 51.5 Å². The lowest BCUT2D eigenvalue weighted by molar-refractivity contribution is -0.143. The molecule has 1 rings (SSSR count). The first kappa shape index (κ1) is 18.5. The van der Waals surface area contributed by atoms with Gasteiger partial charge in [0, 0.05) is 12.2 Å². The second-order valence-corrected chi connectivity index (χ2v) is 6.19. The molecule has 0 bridgehead atoms. The van der Waals surface area contributed by atoms with E-state index in [0.717, 1.165) is 12.8 Å². The summed E-state index contributed by atoms with van der Waals surface area (Å²) in [6.07, 6.45) is 5.84. The van der Waals surface area contributed by atoms with Gasteiger partial charge in [0.05, 0.1) is 5.88 Å². The fraction of sp³-hybridized carbons (Fsp3) is 0.667. The summed E-state index contributed by atoms with van der Waals surface area (Å²) in [5, 5.41) is 11.7. The minimum Gasteiger partial charge on any atom is -0.480 e. The highest BCUT2D eigenvalue weighted by molar-refractivity contribution is 7.99. The molecule has 1 heterocycles. The van der Waals surface area contributed by atoms with Gasteiger partial charge in [-0.1, -0.05) is 25.5 Å². The number of thioether (sulfide) groups is 1. The summed E-state index contributed by atoms with van der Waals surface area (Å²) in [4.78, 5) is 37.2. The highest BCUT2D eigenvalue weighted by atomic mass is 32.2. The maximum Gasteiger partial charge on any atom is 0.326 e. The predicted octanol–water partition coefficient (Wildman–Crippen LogP) is 1.61. The van der Waals surface area contributed by atoms with Crippen molar-refractivity contribution in [2.24, 2.45) is 0 Å². The molecule has 7 heteroatoms. The van der Waals surface area contributed by atoms with Crippen LogP contribution in [0.3, 0.4) is 0 Å². The number of nitrogens with one attached hydrogen (secondary N) is 1. The molecular weight excluding hydrogens is 304 g/mol. The molecule has 1 aliphatic heterocycles. The fourth-order valence-electron chi connectivity index (χ4n) is 2.14. The van der Waals surface area contributed by atoms with E-state index in [1.807, 2.05) is 6.92 Å². The van der Waals surface area contributed by atoms with Crippen LogP contribution in [0.4, 0.5) is 0 Å². The van der Waals surface area contributed by atoms with Crippen LogP contribution >= 0.6 is 11.8 Å². The second kappa shape index (κ2) is 9.50. The Bertz CT molecular complexity index is 439. The van der Waals surface area contributed by atoms with Crippen molar-refractivity contribution in [3.63, 3.8) is 0 Å². The standard InChI is InChI=1S/C15H24N2O4S/c1-3-5-7-11(15(20)21)16-14(19)12-9-22-10-17(12)13(18)8-6-4-2/h3,5,11-12H,4,6-10H2,1-2H3,(H,16,19)(H,20,21)/b5-3+. The minimum absolute atomic E-state index is 0.0349. The molecule has 0 aliphatic carbocycles. The Balaban J connectivity index is 2.65. The van der Waals surface area contributed by atoms with Gasteiger partial charge in [0.2, 0.25) is 11.8 Å². The summed E-state index contributed by atoms with van der Waals surface area (Å²) < 4.78 is 0. The van der Waals surface area contributed by atoms with E-state index in [2.05, 4.69) is 5.32 Å². The number of hydrogen-bond donors (Lipinski definition) is 2. The van der Waals surface area contributed by atoms with Gasteiger partial charge in [0.25, 0.3) is 0 Å². The number of carbonyl (C=O) groups is 3. The number of aliphatic carboxylic acids is 1. The molecule has 1 saturated heterocycles. The Kier molecular flexibility index (Phi) is 8.01. The Labute approximate surface area is 135 Å². The smallest absolute Gasteiger partial charge is 0.326 e. The predicted molar refractivity (Wildman–Crippen MR) is 86.5 cm³/mol. The van der Waals surface area contributed by atoms with Crippen LogP contribution in [0.5, 0.6) is 0 Å². The number of rotatable bonds is 8. The monoisotopic (exact) mass is 328 g/mol. The van der Waals surface area contributed by atoms with Crippen LogP contribution in [-0.2, 0) is 14.4 Å². The average Bonchev–Trinajstić information content (AvgIpc) is 2.98. The Morgan fingerprint density at radius 1 is 1.45 bits per heavy atom. The summed E-state index contributed by atoms with van der Waals surface area (Å²) in [5.74, 6) is -0.479. The third kappa shape index (κ3) is 5.36. The number of hydrogen-bond acceptors (Lipinski definition) is 4. The van der Waals surface area contributed by atoms with Crippen LogP contribution in [0.1, 0.15) is 39.5 Å². The molecule has 1 aliphatic rings. The van der Waals surface area contributed by atoms with Crippen molar-refractivity contribution in [3.8, 4) is 0 Å². The van der Waals surface area contributed by atoms with Gasteiger partial charge in [-0.05, 0) is 19.8 Å². The van der Waals surface area contributed by atoms with Crippen molar-refractivity contribution >= 4 is 29.5 Å². The van der Waals surface area contributed by atoms with Crippen LogP contribution in [0, 0.1) is 0 Å². The number of carboxylic acid groups (broad SMARTS) is 1. The molecule has 0 saturated carbocycles. The van der Waals surface area contributed by atoms with Crippen molar-refractivity contribution in [3.05, 3.63) is 12.2 Å². The normalized spacial score (nSPS) is 19.4. The van der Waals surface area contributed by atoms with Gasteiger partial charge >= 0.3 is 5.97 Å². The Hall–Kier alpha value is -1.50. The number of carboxylic acids is 1. The van der Waals surface area contributed by atoms with Crippen molar-refractivity contribution in [2.45, 2.75) is 51.6 Å². The summed E-state index contributed by atoms with van der Waals surface area (Å²) >= 11 is 1.52. The van der Waals surface area contributed by atoms with E-state index in [4.69, 9.17) is 5.11 Å². The van der Waals surface area contributed by atoms with Crippen molar-refractivity contribution in [1.82, 2.24) is 10.2 Å². The number of carbonyl (C=O) groups excluding carboxylic acids is 2.